The van der Waals surface area contributed by atoms with Crippen molar-refractivity contribution in [1.82, 2.24) is 0 Å². The fourth-order valence-corrected chi connectivity index (χ4v) is 3.70. The van der Waals surface area contributed by atoms with Crippen LogP contribution in [0.5, 0.6) is 5.75 Å². The fraction of sp³-hybridized carbons (Fsp3) is 0.476. The van der Waals surface area contributed by atoms with Gasteiger partial charge in [-0.15, -0.1) is 5.92 Å². The van der Waals surface area contributed by atoms with Crippen LogP contribution in [-0.4, -0.2) is 17.7 Å². The fourth-order valence-electron chi connectivity index (χ4n) is 3.70. The van der Waals surface area contributed by atoms with Crippen molar-refractivity contribution in [2.75, 3.05) is 6.61 Å². The molecule has 1 fully saturated rings. The molecule has 3 heteroatoms. The molecule has 0 bridgehead atoms. The number of carboxylic acid groups (broad SMARTS) is 1. The van der Waals surface area contributed by atoms with E-state index in [2.05, 4.69) is 17.9 Å². The number of benzene rings is 1. The van der Waals surface area contributed by atoms with Crippen molar-refractivity contribution in [1.29, 1.82) is 0 Å². The van der Waals surface area contributed by atoms with E-state index in [4.69, 9.17) is 9.84 Å². The Bertz CT molecular complexity index is 684. The number of ether oxygens (including phenoxy) is 1. The Morgan fingerprint density at radius 1 is 1.29 bits per heavy atom. The lowest BCUT2D eigenvalue weighted by Crippen LogP contribution is -2.23. The van der Waals surface area contributed by atoms with Crippen LogP contribution < -0.4 is 4.74 Å². The van der Waals surface area contributed by atoms with Crippen molar-refractivity contribution in [3.05, 3.63) is 41.5 Å². The molecule has 0 amide bonds. The average Bonchev–Trinajstić information content (AvgIpc) is 2.98. The second-order valence-electron chi connectivity index (χ2n) is 6.92. The van der Waals surface area contributed by atoms with E-state index in [0.717, 1.165) is 17.7 Å². The van der Waals surface area contributed by atoms with Crippen molar-refractivity contribution in [2.24, 2.45) is 5.41 Å². The van der Waals surface area contributed by atoms with Gasteiger partial charge in [0.15, 0.2) is 0 Å². The Balaban J connectivity index is 1.58. The standard InChI is InChI=1S/C21H24O3/c1-2-4-18(13-20(22)23)17-5-7-19(8-6-17)24-15-16-9-12-21(14-16)10-3-11-21/h5-8,14,18H,3,9-13,15H2,1H3,(H,22,23)/t18-/m0/s1. The first-order valence-electron chi connectivity index (χ1n) is 8.68. The van der Waals surface area contributed by atoms with Crippen LogP contribution in [0.4, 0.5) is 0 Å². The number of carbonyl (C=O) groups is 1. The average molecular weight is 324 g/mol. The summed E-state index contributed by atoms with van der Waals surface area (Å²) in [5.74, 6) is 5.51. The molecule has 0 saturated heterocycles. The minimum Gasteiger partial charge on any atom is -0.489 e. The number of allylic oxidation sites excluding steroid dienone is 1. The Morgan fingerprint density at radius 3 is 2.58 bits per heavy atom. The van der Waals surface area contributed by atoms with E-state index in [-0.39, 0.29) is 12.3 Å². The molecule has 1 spiro atoms. The first kappa shape index (κ1) is 16.6. The van der Waals surface area contributed by atoms with Gasteiger partial charge in [0.05, 0.1) is 12.3 Å². The molecule has 1 atom stereocenters. The number of hydrogen-bond acceptors (Lipinski definition) is 2. The zero-order chi connectivity index (χ0) is 17.0. The summed E-state index contributed by atoms with van der Waals surface area (Å²) >= 11 is 0. The third-order valence-electron chi connectivity index (χ3n) is 5.21. The third-order valence-corrected chi connectivity index (χ3v) is 5.21. The SMILES string of the molecule is CC#C[C@@H](CC(=O)O)c1ccc(OCC2=CC3(CCC3)CC2)cc1. The Kier molecular flexibility index (Phi) is 4.94. The van der Waals surface area contributed by atoms with Gasteiger partial charge in [0.2, 0.25) is 0 Å². The molecule has 3 rings (SSSR count). The van der Waals surface area contributed by atoms with Crippen LogP contribution >= 0.6 is 0 Å². The highest BCUT2D eigenvalue weighted by molar-refractivity contribution is 5.69. The van der Waals surface area contributed by atoms with Crippen LogP contribution in [0.15, 0.2) is 35.9 Å². The highest BCUT2D eigenvalue weighted by Gasteiger charge is 2.38. The van der Waals surface area contributed by atoms with E-state index in [1.807, 2.05) is 24.3 Å². The largest absolute Gasteiger partial charge is 0.489 e. The van der Waals surface area contributed by atoms with Gasteiger partial charge in [-0.1, -0.05) is 30.6 Å². The Hall–Kier alpha value is -2.21. The lowest BCUT2D eigenvalue weighted by Gasteiger charge is -2.36. The molecule has 0 aliphatic heterocycles. The summed E-state index contributed by atoms with van der Waals surface area (Å²) in [6.07, 6.45) is 8.97. The molecule has 0 unspecified atom stereocenters. The predicted octanol–water partition coefficient (Wildman–Crippen LogP) is 4.54. The summed E-state index contributed by atoms with van der Waals surface area (Å²) in [4.78, 5) is 11.0. The third kappa shape index (κ3) is 3.82. The summed E-state index contributed by atoms with van der Waals surface area (Å²) < 4.78 is 5.91. The monoisotopic (exact) mass is 324 g/mol. The van der Waals surface area contributed by atoms with E-state index >= 15 is 0 Å². The maximum absolute atomic E-state index is 11.0. The van der Waals surface area contributed by atoms with Crippen LogP contribution in [0.1, 0.15) is 56.9 Å². The van der Waals surface area contributed by atoms with E-state index in [1.54, 1.807) is 6.92 Å². The summed E-state index contributed by atoms with van der Waals surface area (Å²) in [5.41, 5.74) is 2.85. The molecule has 0 aromatic heterocycles. The smallest absolute Gasteiger partial charge is 0.304 e. The van der Waals surface area contributed by atoms with Crippen LogP contribution in [-0.2, 0) is 4.79 Å². The molecule has 0 heterocycles. The number of aliphatic carboxylic acids is 1. The number of hydrogen-bond donors (Lipinski definition) is 1. The van der Waals surface area contributed by atoms with Gasteiger partial charge in [0.25, 0.3) is 0 Å². The number of carboxylic acids is 1. The summed E-state index contributed by atoms with van der Waals surface area (Å²) in [6.45, 7) is 2.39. The van der Waals surface area contributed by atoms with E-state index in [1.165, 1.54) is 31.3 Å². The molecular formula is C21H24O3. The number of rotatable bonds is 6. The predicted molar refractivity (Wildman–Crippen MR) is 94.0 cm³/mol. The van der Waals surface area contributed by atoms with Crippen LogP contribution in [0.2, 0.25) is 0 Å². The second-order valence-corrected chi connectivity index (χ2v) is 6.92. The minimum atomic E-state index is -0.832. The van der Waals surface area contributed by atoms with E-state index < -0.39 is 5.97 Å². The first-order chi connectivity index (χ1) is 11.6. The maximum atomic E-state index is 11.0. The minimum absolute atomic E-state index is 0.0238. The zero-order valence-electron chi connectivity index (χ0n) is 14.2. The van der Waals surface area contributed by atoms with E-state index in [0.29, 0.717) is 12.0 Å². The molecule has 1 N–H and O–H groups in total. The van der Waals surface area contributed by atoms with Gasteiger partial charge in [-0.05, 0) is 61.3 Å². The van der Waals surface area contributed by atoms with Gasteiger partial charge in [0.1, 0.15) is 12.4 Å². The van der Waals surface area contributed by atoms with Crippen LogP contribution in [0.3, 0.4) is 0 Å². The zero-order valence-corrected chi connectivity index (χ0v) is 14.2. The maximum Gasteiger partial charge on any atom is 0.304 e. The summed E-state index contributed by atoms with van der Waals surface area (Å²) in [5, 5.41) is 9.00. The molecule has 1 aromatic rings. The normalized spacial score (nSPS) is 19.0. The molecule has 1 aromatic carbocycles. The Morgan fingerprint density at radius 2 is 2.04 bits per heavy atom. The van der Waals surface area contributed by atoms with E-state index in [9.17, 15) is 4.79 Å². The van der Waals surface area contributed by atoms with Crippen molar-refractivity contribution >= 4 is 5.97 Å². The molecule has 3 nitrogen and oxygen atoms in total. The highest BCUT2D eigenvalue weighted by atomic mass is 16.5. The van der Waals surface area contributed by atoms with Crippen LogP contribution in [0, 0.1) is 17.3 Å². The lowest BCUT2D eigenvalue weighted by atomic mass is 9.69. The molecule has 2 aliphatic carbocycles. The Labute approximate surface area is 143 Å². The van der Waals surface area contributed by atoms with Crippen molar-refractivity contribution in [3.63, 3.8) is 0 Å². The lowest BCUT2D eigenvalue weighted by molar-refractivity contribution is -0.137. The quantitative estimate of drug-likeness (QED) is 0.617. The second kappa shape index (κ2) is 7.13. The van der Waals surface area contributed by atoms with Crippen molar-refractivity contribution < 1.29 is 14.6 Å². The summed E-state index contributed by atoms with van der Waals surface area (Å²) in [6, 6.07) is 7.67. The van der Waals surface area contributed by atoms with Gasteiger partial charge < -0.3 is 9.84 Å². The van der Waals surface area contributed by atoms with Crippen LogP contribution in [0.25, 0.3) is 0 Å². The van der Waals surface area contributed by atoms with Crippen molar-refractivity contribution in [3.8, 4) is 17.6 Å². The van der Waals surface area contributed by atoms with Gasteiger partial charge in [0, 0.05) is 0 Å². The molecule has 1 saturated carbocycles. The molecule has 0 radical (unpaired) electrons. The molecule has 126 valence electrons. The van der Waals surface area contributed by atoms with Gasteiger partial charge in [-0.25, -0.2) is 0 Å². The molecule has 24 heavy (non-hydrogen) atoms. The molecular weight excluding hydrogens is 300 g/mol. The van der Waals surface area contributed by atoms with Crippen molar-refractivity contribution in [2.45, 2.75) is 51.4 Å². The van der Waals surface area contributed by atoms with Gasteiger partial charge in [-0.2, -0.15) is 0 Å². The molecule has 2 aliphatic rings. The topological polar surface area (TPSA) is 46.5 Å². The first-order valence-corrected chi connectivity index (χ1v) is 8.68. The highest BCUT2D eigenvalue weighted by Crippen LogP contribution is 2.51. The summed E-state index contributed by atoms with van der Waals surface area (Å²) in [7, 11) is 0. The van der Waals surface area contributed by atoms with Gasteiger partial charge in [-0.3, -0.25) is 4.79 Å². The van der Waals surface area contributed by atoms with Gasteiger partial charge >= 0.3 is 5.97 Å².